The fourth-order valence-corrected chi connectivity index (χ4v) is 2.22. The lowest BCUT2D eigenvalue weighted by Crippen LogP contribution is -2.05. The molecule has 0 atom stereocenters. The number of hydrogen-bond donors (Lipinski definition) is 0. The first-order valence-electron chi connectivity index (χ1n) is 6.24. The summed E-state index contributed by atoms with van der Waals surface area (Å²) in [6.07, 6.45) is 0. The predicted octanol–water partition coefficient (Wildman–Crippen LogP) is 3.17. The van der Waals surface area contributed by atoms with Crippen molar-refractivity contribution in [3.05, 3.63) is 58.4 Å². The van der Waals surface area contributed by atoms with Gasteiger partial charge in [-0.25, -0.2) is 9.78 Å². The topological polar surface area (TPSA) is 52.3 Å². The Bertz CT molecular complexity index is 836. The molecule has 0 aliphatic heterocycles. The van der Waals surface area contributed by atoms with Crippen molar-refractivity contribution in [1.29, 1.82) is 0 Å². The first-order valence-corrected chi connectivity index (χ1v) is 6.24. The van der Waals surface area contributed by atoms with E-state index in [-0.39, 0.29) is 11.5 Å². The van der Waals surface area contributed by atoms with Crippen LogP contribution in [0.5, 0.6) is 5.75 Å². The zero-order valence-electron chi connectivity index (χ0n) is 11.2. The van der Waals surface area contributed by atoms with Gasteiger partial charge < -0.3 is 9.15 Å². The highest BCUT2D eigenvalue weighted by molar-refractivity contribution is 5.82. The minimum Gasteiger partial charge on any atom is -0.496 e. The average Bonchev–Trinajstić information content (AvgIpc) is 2.47. The summed E-state index contributed by atoms with van der Waals surface area (Å²) < 4.78 is 10.6. The maximum Gasteiger partial charge on any atom is 0.347 e. The molecular weight excluding hydrogens is 254 g/mol. The summed E-state index contributed by atoms with van der Waals surface area (Å²) in [4.78, 5) is 16.6. The second-order valence-electron chi connectivity index (χ2n) is 4.48. The molecule has 0 fully saturated rings. The lowest BCUT2D eigenvalue weighted by atomic mass is 10.1. The van der Waals surface area contributed by atoms with Crippen LogP contribution in [0.2, 0.25) is 0 Å². The fourth-order valence-electron chi connectivity index (χ4n) is 2.22. The molecule has 2 aromatic carbocycles. The standard InChI is InChI=1S/C16H13NO3/c1-10-6-5-8-12-14(10)16(18)20-15(17-12)11-7-3-4-9-13(11)19-2/h3-9H,1-2H3. The summed E-state index contributed by atoms with van der Waals surface area (Å²) in [5, 5.41) is 0.520. The van der Waals surface area contributed by atoms with Crippen LogP contribution in [0.15, 0.2) is 51.7 Å². The third-order valence-electron chi connectivity index (χ3n) is 3.20. The summed E-state index contributed by atoms with van der Waals surface area (Å²) in [6, 6.07) is 12.9. The van der Waals surface area contributed by atoms with Gasteiger partial charge in [-0.2, -0.15) is 0 Å². The van der Waals surface area contributed by atoms with Crippen molar-refractivity contribution in [3.8, 4) is 17.2 Å². The van der Waals surface area contributed by atoms with Crippen LogP contribution < -0.4 is 10.4 Å². The first-order chi connectivity index (χ1) is 9.70. The number of para-hydroxylation sites is 1. The molecule has 0 saturated carbocycles. The number of ether oxygens (including phenoxy) is 1. The summed E-state index contributed by atoms with van der Waals surface area (Å²) in [6.45, 7) is 1.86. The molecule has 0 amide bonds. The molecule has 4 nitrogen and oxygen atoms in total. The van der Waals surface area contributed by atoms with Gasteiger partial charge in [-0.1, -0.05) is 24.3 Å². The lowest BCUT2D eigenvalue weighted by Gasteiger charge is -2.07. The smallest absolute Gasteiger partial charge is 0.347 e. The van der Waals surface area contributed by atoms with Crippen molar-refractivity contribution < 1.29 is 9.15 Å². The predicted molar refractivity (Wildman–Crippen MR) is 77.0 cm³/mol. The van der Waals surface area contributed by atoms with Gasteiger partial charge in [0.25, 0.3) is 0 Å². The summed E-state index contributed by atoms with van der Waals surface area (Å²) in [5.41, 5.74) is 1.77. The molecule has 1 aromatic heterocycles. The summed E-state index contributed by atoms with van der Waals surface area (Å²) in [7, 11) is 1.57. The Balaban J connectivity index is 2.31. The first kappa shape index (κ1) is 12.4. The number of methoxy groups -OCH3 is 1. The molecule has 0 bridgehead atoms. The Labute approximate surface area is 115 Å². The van der Waals surface area contributed by atoms with Crippen molar-refractivity contribution >= 4 is 10.9 Å². The number of fused-ring (bicyclic) bond motifs is 1. The quantitative estimate of drug-likeness (QED) is 0.715. The van der Waals surface area contributed by atoms with Crippen molar-refractivity contribution in [2.75, 3.05) is 7.11 Å². The molecule has 0 spiro atoms. The minimum atomic E-state index is -0.381. The van der Waals surface area contributed by atoms with E-state index in [0.29, 0.717) is 22.2 Å². The second-order valence-corrected chi connectivity index (χ2v) is 4.48. The van der Waals surface area contributed by atoms with Gasteiger partial charge in [-0.15, -0.1) is 0 Å². The molecular formula is C16H13NO3. The molecule has 3 aromatic rings. The zero-order chi connectivity index (χ0) is 14.1. The Morgan fingerprint density at radius 2 is 1.90 bits per heavy atom. The number of benzene rings is 2. The molecule has 20 heavy (non-hydrogen) atoms. The van der Waals surface area contributed by atoms with Gasteiger partial charge in [0.2, 0.25) is 5.89 Å². The lowest BCUT2D eigenvalue weighted by molar-refractivity contribution is 0.413. The average molecular weight is 267 g/mol. The molecule has 1 heterocycles. The number of aromatic nitrogens is 1. The SMILES string of the molecule is COc1ccccc1-c1nc2cccc(C)c2c(=O)o1. The molecule has 0 saturated heterocycles. The molecule has 3 rings (SSSR count). The Hall–Kier alpha value is -2.62. The zero-order valence-corrected chi connectivity index (χ0v) is 11.2. The van der Waals surface area contributed by atoms with Crippen LogP contribution in [0.4, 0.5) is 0 Å². The van der Waals surface area contributed by atoms with E-state index in [2.05, 4.69) is 4.98 Å². The van der Waals surface area contributed by atoms with Crippen molar-refractivity contribution in [1.82, 2.24) is 4.98 Å². The highest BCUT2D eigenvalue weighted by Crippen LogP contribution is 2.28. The molecule has 4 heteroatoms. The molecule has 0 N–H and O–H groups in total. The highest BCUT2D eigenvalue weighted by atomic mass is 16.5. The van der Waals surface area contributed by atoms with E-state index in [1.165, 1.54) is 0 Å². The summed E-state index contributed by atoms with van der Waals surface area (Å²) >= 11 is 0. The van der Waals surface area contributed by atoms with Gasteiger partial charge in [0.15, 0.2) is 0 Å². The van der Waals surface area contributed by atoms with Crippen molar-refractivity contribution in [2.45, 2.75) is 6.92 Å². The highest BCUT2D eigenvalue weighted by Gasteiger charge is 2.13. The van der Waals surface area contributed by atoms with Gasteiger partial charge >= 0.3 is 5.63 Å². The fraction of sp³-hybridized carbons (Fsp3) is 0.125. The third kappa shape index (κ3) is 1.95. The number of hydrogen-bond acceptors (Lipinski definition) is 4. The van der Waals surface area contributed by atoms with Crippen LogP contribution in [0.25, 0.3) is 22.4 Å². The van der Waals surface area contributed by atoms with Crippen LogP contribution in [-0.4, -0.2) is 12.1 Å². The summed E-state index contributed by atoms with van der Waals surface area (Å²) in [5.74, 6) is 0.890. The van der Waals surface area contributed by atoms with Crippen LogP contribution in [0.1, 0.15) is 5.56 Å². The third-order valence-corrected chi connectivity index (χ3v) is 3.20. The molecule has 0 aliphatic carbocycles. The van der Waals surface area contributed by atoms with E-state index < -0.39 is 0 Å². The Kier molecular flexibility index (Phi) is 2.99. The molecule has 0 radical (unpaired) electrons. The van der Waals surface area contributed by atoms with Crippen LogP contribution in [-0.2, 0) is 0 Å². The minimum absolute atomic E-state index is 0.269. The molecule has 0 aliphatic rings. The van der Waals surface area contributed by atoms with Gasteiger partial charge in [0.05, 0.1) is 23.6 Å². The Morgan fingerprint density at radius 3 is 2.70 bits per heavy atom. The molecule has 100 valence electrons. The molecule has 0 unspecified atom stereocenters. The van der Waals surface area contributed by atoms with Gasteiger partial charge in [-0.05, 0) is 30.7 Å². The monoisotopic (exact) mass is 267 g/mol. The van der Waals surface area contributed by atoms with E-state index in [1.54, 1.807) is 19.2 Å². The maximum absolute atomic E-state index is 12.1. The maximum atomic E-state index is 12.1. The van der Waals surface area contributed by atoms with E-state index in [9.17, 15) is 4.79 Å². The Morgan fingerprint density at radius 1 is 1.10 bits per heavy atom. The number of nitrogens with zero attached hydrogens (tertiary/aromatic N) is 1. The van der Waals surface area contributed by atoms with Crippen LogP contribution >= 0.6 is 0 Å². The normalized spacial score (nSPS) is 10.7. The number of aryl methyl sites for hydroxylation is 1. The van der Waals surface area contributed by atoms with Crippen molar-refractivity contribution in [3.63, 3.8) is 0 Å². The van der Waals surface area contributed by atoms with E-state index in [4.69, 9.17) is 9.15 Å². The van der Waals surface area contributed by atoms with Crippen LogP contribution in [0.3, 0.4) is 0 Å². The number of rotatable bonds is 2. The van der Waals surface area contributed by atoms with Gasteiger partial charge in [-0.3, -0.25) is 0 Å². The second kappa shape index (κ2) is 4.81. The van der Waals surface area contributed by atoms with Crippen LogP contribution in [0, 0.1) is 6.92 Å². The van der Waals surface area contributed by atoms with Gasteiger partial charge in [0, 0.05) is 0 Å². The van der Waals surface area contributed by atoms with E-state index in [1.807, 2.05) is 37.3 Å². The largest absolute Gasteiger partial charge is 0.496 e. The van der Waals surface area contributed by atoms with E-state index in [0.717, 1.165) is 5.56 Å². The van der Waals surface area contributed by atoms with Crippen molar-refractivity contribution in [2.24, 2.45) is 0 Å². The van der Waals surface area contributed by atoms with Gasteiger partial charge in [0.1, 0.15) is 5.75 Å². The van der Waals surface area contributed by atoms with E-state index >= 15 is 0 Å².